The fourth-order valence-electron chi connectivity index (χ4n) is 4.74. The number of fused-ring (bicyclic) bond motifs is 1. The quantitative estimate of drug-likeness (QED) is 0.403. The SMILES string of the molecule is Cl.Cl.N[C@@H]1CCCN(C(=O)c2nc(C(F)(F)F)n3c2CN(C(=O)C[C@H](N)Cc2cc(F)c(F)cc2F)CC3)C1. The fourth-order valence-corrected chi connectivity index (χ4v) is 4.74. The van der Waals surface area contributed by atoms with Gasteiger partial charge in [0.15, 0.2) is 17.3 Å². The molecular formula is C23H28Cl2F6N6O2. The Bertz CT molecular complexity index is 1210. The van der Waals surface area contributed by atoms with E-state index in [1.165, 1.54) is 9.80 Å². The number of benzene rings is 1. The van der Waals surface area contributed by atoms with Crippen LogP contribution in [0.5, 0.6) is 0 Å². The third kappa shape index (κ3) is 7.16. The van der Waals surface area contributed by atoms with Crippen LogP contribution in [0.1, 0.15) is 46.8 Å². The van der Waals surface area contributed by atoms with E-state index in [-0.39, 0.29) is 86.8 Å². The summed E-state index contributed by atoms with van der Waals surface area (Å²) in [6.07, 6.45) is -4.11. The molecule has 1 aromatic carbocycles. The fraction of sp³-hybridized carbons (Fsp3) is 0.522. The zero-order valence-corrected chi connectivity index (χ0v) is 22.2. The van der Waals surface area contributed by atoms with Gasteiger partial charge in [0, 0.05) is 50.7 Å². The Hall–Kier alpha value is -2.55. The van der Waals surface area contributed by atoms with Crippen LogP contribution in [-0.4, -0.2) is 62.9 Å². The number of piperidine rings is 1. The van der Waals surface area contributed by atoms with Crippen molar-refractivity contribution in [3.05, 3.63) is 52.4 Å². The van der Waals surface area contributed by atoms with Crippen molar-refractivity contribution in [1.82, 2.24) is 19.4 Å². The summed E-state index contributed by atoms with van der Waals surface area (Å²) < 4.78 is 82.5. The molecule has 1 fully saturated rings. The minimum absolute atomic E-state index is 0. The molecule has 16 heteroatoms. The van der Waals surface area contributed by atoms with Crippen LogP contribution in [0.3, 0.4) is 0 Å². The topological polar surface area (TPSA) is 110 Å². The lowest BCUT2D eigenvalue weighted by Gasteiger charge is -2.32. The van der Waals surface area contributed by atoms with E-state index in [0.29, 0.717) is 31.5 Å². The minimum Gasteiger partial charge on any atom is -0.336 e. The molecule has 3 heterocycles. The summed E-state index contributed by atoms with van der Waals surface area (Å²) >= 11 is 0. The lowest BCUT2D eigenvalue weighted by atomic mass is 10.0. The number of imidazole rings is 1. The number of nitrogens with zero attached hydrogens (tertiary/aromatic N) is 4. The molecule has 0 unspecified atom stereocenters. The van der Waals surface area contributed by atoms with Gasteiger partial charge in [-0.05, 0) is 30.9 Å². The van der Waals surface area contributed by atoms with Crippen molar-refractivity contribution in [1.29, 1.82) is 0 Å². The third-order valence-corrected chi connectivity index (χ3v) is 6.57. The summed E-state index contributed by atoms with van der Waals surface area (Å²) in [5.41, 5.74) is 11.2. The standard InChI is InChI=1S/C23H26F6N6O2.2ClH/c24-15-9-17(26)16(25)7-12(15)6-14(31)8-19(36)33-4-5-35-18(11-33)20(32-22(35)23(27,28)29)21(37)34-3-1-2-13(30)10-34;;/h7,9,13-14H,1-6,8,10-11,30-31H2;2*1H/t13-,14-;;/m1../s1. The van der Waals surface area contributed by atoms with Gasteiger partial charge in [0.05, 0.1) is 12.2 Å². The maximum atomic E-state index is 13.9. The Morgan fingerprint density at radius 2 is 1.69 bits per heavy atom. The van der Waals surface area contributed by atoms with Crippen LogP contribution >= 0.6 is 24.8 Å². The summed E-state index contributed by atoms with van der Waals surface area (Å²) in [6.45, 7) is -0.139. The van der Waals surface area contributed by atoms with E-state index >= 15 is 0 Å². The summed E-state index contributed by atoms with van der Waals surface area (Å²) in [5.74, 6) is -6.07. The molecule has 2 aromatic rings. The molecule has 1 aromatic heterocycles. The summed E-state index contributed by atoms with van der Waals surface area (Å²) in [7, 11) is 0. The van der Waals surface area contributed by atoms with Gasteiger partial charge >= 0.3 is 6.18 Å². The first kappa shape index (κ1) is 32.7. The highest BCUT2D eigenvalue weighted by molar-refractivity contribution is 5.94. The molecule has 0 bridgehead atoms. The molecule has 8 nitrogen and oxygen atoms in total. The predicted molar refractivity (Wildman–Crippen MR) is 133 cm³/mol. The molecule has 39 heavy (non-hydrogen) atoms. The van der Waals surface area contributed by atoms with E-state index < -0.39 is 47.3 Å². The van der Waals surface area contributed by atoms with E-state index in [1.54, 1.807) is 0 Å². The highest BCUT2D eigenvalue weighted by atomic mass is 35.5. The molecule has 2 aliphatic heterocycles. The smallest absolute Gasteiger partial charge is 0.336 e. The highest BCUT2D eigenvalue weighted by Gasteiger charge is 2.42. The maximum Gasteiger partial charge on any atom is 0.449 e. The Labute approximate surface area is 232 Å². The second kappa shape index (κ2) is 12.7. The lowest BCUT2D eigenvalue weighted by Crippen LogP contribution is -2.46. The van der Waals surface area contributed by atoms with Crippen LogP contribution in [0.4, 0.5) is 26.3 Å². The zero-order chi connectivity index (χ0) is 27.1. The first-order valence-corrected chi connectivity index (χ1v) is 11.7. The summed E-state index contributed by atoms with van der Waals surface area (Å²) in [4.78, 5) is 32.3. The van der Waals surface area contributed by atoms with Gasteiger partial charge in [-0.3, -0.25) is 9.59 Å². The van der Waals surface area contributed by atoms with Crippen LogP contribution in [0, 0.1) is 17.5 Å². The largest absolute Gasteiger partial charge is 0.449 e. The lowest BCUT2D eigenvalue weighted by molar-refractivity contribution is -0.148. The Morgan fingerprint density at radius 3 is 2.33 bits per heavy atom. The normalized spacial score (nSPS) is 18.1. The Morgan fingerprint density at radius 1 is 1.03 bits per heavy atom. The van der Waals surface area contributed by atoms with Gasteiger partial charge in [-0.1, -0.05) is 0 Å². The van der Waals surface area contributed by atoms with Crippen LogP contribution in [-0.2, 0) is 30.5 Å². The molecule has 4 N–H and O–H groups in total. The van der Waals surface area contributed by atoms with E-state index in [4.69, 9.17) is 11.5 Å². The van der Waals surface area contributed by atoms with Gasteiger partial charge in [-0.15, -0.1) is 24.8 Å². The molecule has 218 valence electrons. The van der Waals surface area contributed by atoms with E-state index in [9.17, 15) is 35.9 Å². The van der Waals surface area contributed by atoms with Gasteiger partial charge in [0.1, 0.15) is 5.82 Å². The number of alkyl halides is 3. The number of rotatable bonds is 5. The van der Waals surface area contributed by atoms with Gasteiger partial charge < -0.3 is 25.8 Å². The number of amides is 2. The van der Waals surface area contributed by atoms with Crippen molar-refractivity contribution in [2.45, 2.75) is 57.0 Å². The molecule has 0 radical (unpaired) electrons. The molecule has 2 aliphatic rings. The average Bonchev–Trinajstić information content (AvgIpc) is 3.21. The number of carbonyl (C=O) groups excluding carboxylic acids is 2. The van der Waals surface area contributed by atoms with Crippen molar-refractivity contribution in [3.63, 3.8) is 0 Å². The molecule has 2 amide bonds. The second-order valence-corrected chi connectivity index (χ2v) is 9.37. The number of halogens is 8. The van der Waals surface area contributed by atoms with Crippen LogP contribution in [0.15, 0.2) is 12.1 Å². The van der Waals surface area contributed by atoms with Gasteiger partial charge in [0.25, 0.3) is 5.91 Å². The summed E-state index contributed by atoms with van der Waals surface area (Å²) in [5, 5.41) is 0. The molecular weight excluding hydrogens is 577 g/mol. The van der Waals surface area contributed by atoms with E-state index in [0.717, 1.165) is 4.57 Å². The zero-order valence-electron chi connectivity index (χ0n) is 20.5. The second-order valence-electron chi connectivity index (χ2n) is 9.37. The van der Waals surface area contributed by atoms with Crippen molar-refractivity contribution < 1.29 is 35.9 Å². The number of hydrogen-bond acceptors (Lipinski definition) is 5. The van der Waals surface area contributed by atoms with Gasteiger partial charge in [-0.2, -0.15) is 13.2 Å². The number of likely N-dealkylation sites (tertiary alicyclic amines) is 1. The molecule has 0 spiro atoms. The van der Waals surface area contributed by atoms with Crippen molar-refractivity contribution in [2.75, 3.05) is 19.6 Å². The van der Waals surface area contributed by atoms with Gasteiger partial charge in [0.2, 0.25) is 11.7 Å². The molecule has 2 atom stereocenters. The Balaban J connectivity index is 0.00000267. The van der Waals surface area contributed by atoms with E-state index in [1.807, 2.05) is 0 Å². The van der Waals surface area contributed by atoms with E-state index in [2.05, 4.69) is 4.98 Å². The van der Waals surface area contributed by atoms with Crippen LogP contribution < -0.4 is 11.5 Å². The highest BCUT2D eigenvalue weighted by Crippen LogP contribution is 2.33. The maximum absolute atomic E-state index is 13.9. The number of carbonyl (C=O) groups is 2. The first-order valence-electron chi connectivity index (χ1n) is 11.7. The number of aromatic nitrogens is 2. The van der Waals surface area contributed by atoms with Gasteiger partial charge in [-0.25, -0.2) is 18.2 Å². The first-order chi connectivity index (χ1) is 17.3. The number of hydrogen-bond donors (Lipinski definition) is 2. The van der Waals surface area contributed by atoms with Crippen LogP contribution in [0.25, 0.3) is 0 Å². The summed E-state index contributed by atoms with van der Waals surface area (Å²) in [6, 6.07) is -0.216. The predicted octanol–water partition coefficient (Wildman–Crippen LogP) is 3.03. The van der Waals surface area contributed by atoms with Crippen molar-refractivity contribution in [2.24, 2.45) is 11.5 Å². The van der Waals surface area contributed by atoms with Crippen molar-refractivity contribution in [3.8, 4) is 0 Å². The number of nitrogens with two attached hydrogens (primary N) is 2. The monoisotopic (exact) mass is 604 g/mol. The molecule has 1 saturated heterocycles. The molecule has 0 aliphatic carbocycles. The third-order valence-electron chi connectivity index (χ3n) is 6.57. The molecule has 4 rings (SSSR count). The molecule has 0 saturated carbocycles. The average molecular weight is 605 g/mol. The van der Waals surface area contributed by atoms with Crippen molar-refractivity contribution >= 4 is 36.6 Å². The Kier molecular flexibility index (Phi) is 10.7. The van der Waals surface area contributed by atoms with Crippen LogP contribution in [0.2, 0.25) is 0 Å². The minimum atomic E-state index is -4.81.